The van der Waals surface area contributed by atoms with Crippen LogP contribution in [0.5, 0.6) is 5.88 Å². The molecular weight excluding hydrogens is 310 g/mol. The lowest BCUT2D eigenvalue weighted by Crippen LogP contribution is -2.22. The van der Waals surface area contributed by atoms with Crippen LogP contribution in [0.3, 0.4) is 0 Å². The van der Waals surface area contributed by atoms with Crippen molar-refractivity contribution in [3.05, 3.63) is 51.4 Å². The smallest absolute Gasteiger partial charge is 0.349 e. The molecule has 0 aliphatic carbocycles. The van der Waals surface area contributed by atoms with E-state index in [0.717, 1.165) is 15.6 Å². The average molecular weight is 327 g/mol. The summed E-state index contributed by atoms with van der Waals surface area (Å²) in [5.74, 6) is -1.42. The van der Waals surface area contributed by atoms with Crippen molar-refractivity contribution < 1.29 is 14.6 Å². The van der Waals surface area contributed by atoms with Crippen molar-refractivity contribution in [1.82, 2.24) is 14.6 Å². The van der Waals surface area contributed by atoms with E-state index < -0.39 is 23.0 Å². The van der Waals surface area contributed by atoms with Gasteiger partial charge in [-0.15, -0.1) is 0 Å². The standard InChI is InChI=1S/C17H17N3O4/c1-4-24-17(23)13-15(21)18-14-12(10(3)19-20(14)16(13)22)11-7-5-9(2)6-8-11/h5-8,22H,4H2,1-3H3,(H,18,21). The Morgan fingerprint density at radius 2 is 1.96 bits per heavy atom. The Bertz CT molecular complexity index is 984. The highest BCUT2D eigenvalue weighted by molar-refractivity contribution is 5.92. The van der Waals surface area contributed by atoms with Crippen LogP contribution in [0.2, 0.25) is 0 Å². The molecular formula is C17H17N3O4. The summed E-state index contributed by atoms with van der Waals surface area (Å²) >= 11 is 0. The fraction of sp³-hybridized carbons (Fsp3) is 0.235. The number of ether oxygens (including phenoxy) is 1. The molecule has 0 saturated carbocycles. The number of fused-ring (bicyclic) bond motifs is 1. The fourth-order valence-corrected chi connectivity index (χ4v) is 2.63. The first kappa shape index (κ1) is 15.8. The quantitative estimate of drug-likeness (QED) is 0.719. The Balaban J connectivity index is 2.28. The molecule has 2 N–H and O–H groups in total. The van der Waals surface area contributed by atoms with Crippen LogP contribution < -0.4 is 5.56 Å². The molecule has 0 atom stereocenters. The minimum Gasteiger partial charge on any atom is -0.492 e. The third kappa shape index (κ3) is 2.44. The van der Waals surface area contributed by atoms with E-state index in [-0.39, 0.29) is 6.61 Å². The van der Waals surface area contributed by atoms with E-state index in [0.29, 0.717) is 16.9 Å². The largest absolute Gasteiger partial charge is 0.492 e. The summed E-state index contributed by atoms with van der Waals surface area (Å²) in [7, 11) is 0. The summed E-state index contributed by atoms with van der Waals surface area (Å²) < 4.78 is 5.96. The zero-order valence-electron chi connectivity index (χ0n) is 13.6. The molecule has 0 amide bonds. The van der Waals surface area contributed by atoms with Crippen LogP contribution in [0.15, 0.2) is 29.1 Å². The van der Waals surface area contributed by atoms with Crippen LogP contribution in [-0.4, -0.2) is 32.3 Å². The maximum absolute atomic E-state index is 12.3. The summed E-state index contributed by atoms with van der Waals surface area (Å²) in [4.78, 5) is 26.8. The minimum absolute atomic E-state index is 0.0997. The van der Waals surface area contributed by atoms with Crippen molar-refractivity contribution in [2.24, 2.45) is 0 Å². The van der Waals surface area contributed by atoms with Gasteiger partial charge in [-0.05, 0) is 26.3 Å². The van der Waals surface area contributed by atoms with Gasteiger partial charge in [0.15, 0.2) is 5.56 Å². The van der Waals surface area contributed by atoms with Gasteiger partial charge < -0.3 is 14.8 Å². The van der Waals surface area contributed by atoms with Crippen LogP contribution in [-0.2, 0) is 4.74 Å². The predicted octanol–water partition coefficient (Wildman–Crippen LogP) is 2.19. The number of aryl methyl sites for hydroxylation is 2. The van der Waals surface area contributed by atoms with Crippen molar-refractivity contribution in [3.8, 4) is 17.0 Å². The molecule has 3 aromatic rings. The van der Waals surface area contributed by atoms with Gasteiger partial charge in [-0.25, -0.2) is 4.79 Å². The number of carbonyl (C=O) groups excluding carboxylic acids is 1. The van der Waals surface area contributed by atoms with Gasteiger partial charge in [-0.1, -0.05) is 29.8 Å². The van der Waals surface area contributed by atoms with Gasteiger partial charge in [-0.3, -0.25) is 4.79 Å². The normalized spacial score (nSPS) is 11.0. The van der Waals surface area contributed by atoms with Crippen LogP contribution in [0, 0.1) is 13.8 Å². The summed E-state index contributed by atoms with van der Waals surface area (Å²) in [5.41, 5.74) is 2.42. The second-order valence-electron chi connectivity index (χ2n) is 5.46. The van der Waals surface area contributed by atoms with E-state index in [2.05, 4.69) is 10.1 Å². The number of hydrogen-bond acceptors (Lipinski definition) is 5. The lowest BCUT2D eigenvalue weighted by Gasteiger charge is -2.06. The highest BCUT2D eigenvalue weighted by atomic mass is 16.5. The minimum atomic E-state index is -0.886. The van der Waals surface area contributed by atoms with Crippen molar-refractivity contribution >= 4 is 11.6 Å². The predicted molar refractivity (Wildman–Crippen MR) is 88.3 cm³/mol. The molecule has 2 aromatic heterocycles. The molecule has 0 spiro atoms. The molecule has 0 fully saturated rings. The van der Waals surface area contributed by atoms with Gasteiger partial charge in [0, 0.05) is 5.56 Å². The number of carbonyl (C=O) groups is 1. The first-order chi connectivity index (χ1) is 11.4. The molecule has 2 heterocycles. The molecule has 0 bridgehead atoms. The maximum atomic E-state index is 12.3. The number of aromatic nitrogens is 3. The van der Waals surface area contributed by atoms with Crippen LogP contribution >= 0.6 is 0 Å². The fourth-order valence-electron chi connectivity index (χ4n) is 2.63. The molecule has 3 rings (SSSR count). The molecule has 0 saturated heterocycles. The van der Waals surface area contributed by atoms with E-state index >= 15 is 0 Å². The van der Waals surface area contributed by atoms with Gasteiger partial charge >= 0.3 is 5.97 Å². The van der Waals surface area contributed by atoms with E-state index in [1.807, 2.05) is 31.2 Å². The number of hydrogen-bond donors (Lipinski definition) is 2. The van der Waals surface area contributed by atoms with E-state index in [9.17, 15) is 14.7 Å². The summed E-state index contributed by atoms with van der Waals surface area (Å²) in [6.07, 6.45) is 0. The van der Waals surface area contributed by atoms with E-state index in [1.54, 1.807) is 13.8 Å². The zero-order chi connectivity index (χ0) is 17.4. The summed E-state index contributed by atoms with van der Waals surface area (Å²) in [6, 6.07) is 7.72. The maximum Gasteiger partial charge on any atom is 0.349 e. The number of H-pyrrole nitrogens is 1. The highest BCUT2D eigenvalue weighted by Gasteiger charge is 2.24. The Morgan fingerprint density at radius 3 is 2.58 bits per heavy atom. The average Bonchev–Trinajstić information content (AvgIpc) is 2.85. The third-order valence-corrected chi connectivity index (χ3v) is 3.76. The van der Waals surface area contributed by atoms with Gasteiger partial charge in [0.25, 0.3) is 5.56 Å². The number of rotatable bonds is 3. The highest BCUT2D eigenvalue weighted by Crippen LogP contribution is 2.29. The van der Waals surface area contributed by atoms with Crippen LogP contribution in [0.1, 0.15) is 28.5 Å². The van der Waals surface area contributed by atoms with Gasteiger partial charge in [0.1, 0.15) is 5.65 Å². The lowest BCUT2D eigenvalue weighted by molar-refractivity contribution is 0.0519. The number of aromatic hydroxyl groups is 1. The number of esters is 1. The Morgan fingerprint density at radius 1 is 1.29 bits per heavy atom. The monoisotopic (exact) mass is 327 g/mol. The number of nitrogens with zero attached hydrogens (tertiary/aromatic N) is 2. The Hall–Kier alpha value is -3.09. The zero-order valence-corrected chi connectivity index (χ0v) is 13.6. The molecule has 0 radical (unpaired) electrons. The second kappa shape index (κ2) is 5.84. The van der Waals surface area contributed by atoms with Crippen LogP contribution in [0.4, 0.5) is 0 Å². The number of aromatic amines is 1. The molecule has 0 aliphatic heterocycles. The molecule has 0 unspecified atom stereocenters. The Labute approximate surface area is 137 Å². The first-order valence-corrected chi connectivity index (χ1v) is 7.52. The number of benzene rings is 1. The summed E-state index contributed by atoms with van der Waals surface area (Å²) in [5, 5.41) is 14.6. The molecule has 1 aromatic carbocycles. The van der Waals surface area contributed by atoms with E-state index in [1.165, 1.54) is 0 Å². The molecule has 0 aliphatic rings. The van der Waals surface area contributed by atoms with Gasteiger partial charge in [0.05, 0.1) is 12.3 Å². The first-order valence-electron chi connectivity index (χ1n) is 7.52. The molecule has 124 valence electrons. The van der Waals surface area contributed by atoms with Gasteiger partial charge in [-0.2, -0.15) is 9.61 Å². The van der Waals surface area contributed by atoms with Crippen molar-refractivity contribution in [2.45, 2.75) is 20.8 Å². The lowest BCUT2D eigenvalue weighted by atomic mass is 10.0. The molecule has 7 nitrogen and oxygen atoms in total. The summed E-state index contributed by atoms with van der Waals surface area (Å²) in [6.45, 7) is 5.47. The Kier molecular flexibility index (Phi) is 3.84. The van der Waals surface area contributed by atoms with Crippen molar-refractivity contribution in [3.63, 3.8) is 0 Å². The topological polar surface area (TPSA) is 96.7 Å². The molecule has 7 heteroatoms. The number of nitrogens with one attached hydrogen (secondary N) is 1. The van der Waals surface area contributed by atoms with Crippen molar-refractivity contribution in [2.75, 3.05) is 6.61 Å². The van der Waals surface area contributed by atoms with E-state index in [4.69, 9.17) is 4.74 Å². The van der Waals surface area contributed by atoms with Crippen molar-refractivity contribution in [1.29, 1.82) is 0 Å². The third-order valence-electron chi connectivity index (χ3n) is 3.76. The SMILES string of the molecule is CCOC(=O)c1c(O)n2nc(C)c(-c3ccc(C)cc3)c2[nH]c1=O. The van der Waals surface area contributed by atoms with Crippen LogP contribution in [0.25, 0.3) is 16.8 Å². The van der Waals surface area contributed by atoms with Gasteiger partial charge in [0.2, 0.25) is 5.88 Å². The molecule has 24 heavy (non-hydrogen) atoms. The second-order valence-corrected chi connectivity index (χ2v) is 5.46.